The Hall–Kier alpha value is -2.02. The minimum atomic E-state index is -0.666. The topological polar surface area (TPSA) is 84.5 Å². The number of carbonyl (C=O) groups is 3. The summed E-state index contributed by atoms with van der Waals surface area (Å²) in [6.45, 7) is 4.06. The van der Waals surface area contributed by atoms with Crippen molar-refractivity contribution in [1.82, 2.24) is 10.6 Å². The van der Waals surface area contributed by atoms with Crippen LogP contribution in [0.5, 0.6) is 0 Å². The van der Waals surface area contributed by atoms with Crippen LogP contribution in [0.15, 0.2) is 29.2 Å². The Morgan fingerprint density at radius 2 is 1.83 bits per heavy atom. The smallest absolute Gasteiger partial charge is 0.338 e. The molecule has 0 fully saturated rings. The molecule has 0 bridgehead atoms. The van der Waals surface area contributed by atoms with Crippen molar-refractivity contribution in [3.63, 3.8) is 0 Å². The maximum Gasteiger partial charge on any atom is 0.338 e. The van der Waals surface area contributed by atoms with Crippen molar-refractivity contribution < 1.29 is 19.1 Å². The summed E-state index contributed by atoms with van der Waals surface area (Å²) in [5, 5.41) is 4.67. The normalized spacial score (nSPS) is 10.3. The number of rotatable bonds is 7. The molecule has 0 radical (unpaired) electrons. The molecule has 7 heteroatoms. The summed E-state index contributed by atoms with van der Waals surface area (Å²) in [7, 11) is 0. The first-order chi connectivity index (χ1) is 10.9. The van der Waals surface area contributed by atoms with E-state index in [1.807, 2.05) is 20.1 Å². The third kappa shape index (κ3) is 7.69. The highest BCUT2D eigenvalue weighted by atomic mass is 32.2. The van der Waals surface area contributed by atoms with E-state index in [2.05, 4.69) is 10.6 Å². The maximum absolute atomic E-state index is 11.8. The van der Waals surface area contributed by atoms with Gasteiger partial charge in [-0.2, -0.15) is 0 Å². The highest BCUT2D eigenvalue weighted by molar-refractivity contribution is 7.98. The maximum atomic E-state index is 11.8. The summed E-state index contributed by atoms with van der Waals surface area (Å²) < 4.78 is 4.87. The molecule has 0 heterocycles. The van der Waals surface area contributed by atoms with E-state index in [0.29, 0.717) is 18.0 Å². The van der Waals surface area contributed by atoms with Crippen molar-refractivity contribution in [2.75, 3.05) is 19.4 Å². The second-order valence-electron chi connectivity index (χ2n) is 5.29. The van der Waals surface area contributed by atoms with Gasteiger partial charge in [0, 0.05) is 11.4 Å². The number of carbonyl (C=O) groups excluding carboxylic acids is 3. The van der Waals surface area contributed by atoms with Crippen LogP contribution in [0, 0.1) is 5.92 Å². The first-order valence-corrected chi connectivity index (χ1v) is 8.53. The van der Waals surface area contributed by atoms with Gasteiger partial charge in [0.2, 0.25) is 0 Å². The lowest BCUT2D eigenvalue weighted by atomic mass is 10.1. The van der Waals surface area contributed by atoms with Gasteiger partial charge in [-0.25, -0.2) is 9.59 Å². The number of urea groups is 1. The molecular formula is C16H22N2O4S. The van der Waals surface area contributed by atoms with Gasteiger partial charge in [0.15, 0.2) is 6.61 Å². The molecule has 0 aromatic heterocycles. The van der Waals surface area contributed by atoms with Crippen molar-refractivity contribution >= 4 is 29.7 Å². The van der Waals surface area contributed by atoms with Gasteiger partial charge in [0.25, 0.3) is 5.91 Å². The van der Waals surface area contributed by atoms with E-state index in [0.717, 1.165) is 11.3 Å². The third-order valence-electron chi connectivity index (χ3n) is 2.92. The standard InChI is InChI=1S/C16H22N2O4S/c1-11(2)8-9-17-16(21)18-14(19)10-22-15(20)12-4-6-13(23-3)7-5-12/h4-7,11H,8-10H2,1-3H3,(H2,17,18,19,21). The predicted molar refractivity (Wildman–Crippen MR) is 89.5 cm³/mol. The zero-order valence-corrected chi connectivity index (χ0v) is 14.4. The monoisotopic (exact) mass is 338 g/mol. The molecule has 0 aliphatic rings. The molecule has 3 amide bonds. The average molecular weight is 338 g/mol. The minimum absolute atomic E-state index is 0.358. The van der Waals surface area contributed by atoms with Gasteiger partial charge >= 0.3 is 12.0 Å². The highest BCUT2D eigenvalue weighted by Gasteiger charge is 2.12. The van der Waals surface area contributed by atoms with Crippen LogP contribution < -0.4 is 10.6 Å². The van der Waals surface area contributed by atoms with Crippen molar-refractivity contribution in [1.29, 1.82) is 0 Å². The van der Waals surface area contributed by atoms with Crippen LogP contribution in [0.1, 0.15) is 30.6 Å². The van der Waals surface area contributed by atoms with Crippen molar-refractivity contribution in [3.05, 3.63) is 29.8 Å². The average Bonchev–Trinajstić information content (AvgIpc) is 2.52. The molecule has 23 heavy (non-hydrogen) atoms. The van der Waals surface area contributed by atoms with E-state index in [1.165, 1.54) is 0 Å². The van der Waals surface area contributed by atoms with E-state index >= 15 is 0 Å². The van der Waals surface area contributed by atoms with E-state index in [-0.39, 0.29) is 0 Å². The number of amides is 3. The summed E-state index contributed by atoms with van der Waals surface area (Å²) in [6, 6.07) is 6.26. The predicted octanol–water partition coefficient (Wildman–Crippen LogP) is 2.44. The molecule has 0 spiro atoms. The summed E-state index contributed by atoms with van der Waals surface area (Å²) in [6.07, 6.45) is 2.76. The molecule has 1 aromatic rings. The third-order valence-corrected chi connectivity index (χ3v) is 3.66. The Morgan fingerprint density at radius 3 is 2.39 bits per heavy atom. The Labute approximate surface area is 140 Å². The molecule has 0 unspecified atom stereocenters. The van der Waals surface area contributed by atoms with Gasteiger partial charge in [-0.15, -0.1) is 11.8 Å². The van der Waals surface area contributed by atoms with E-state index in [4.69, 9.17) is 4.74 Å². The second kappa shape index (κ2) is 9.89. The van der Waals surface area contributed by atoms with E-state index in [1.54, 1.807) is 36.0 Å². The van der Waals surface area contributed by atoms with Crippen molar-refractivity contribution in [2.24, 2.45) is 5.92 Å². The first-order valence-electron chi connectivity index (χ1n) is 7.31. The van der Waals surface area contributed by atoms with Crippen LogP contribution in [0.2, 0.25) is 0 Å². The minimum Gasteiger partial charge on any atom is -0.452 e. The molecule has 2 N–H and O–H groups in total. The molecule has 0 atom stereocenters. The fourth-order valence-corrected chi connectivity index (χ4v) is 2.03. The van der Waals surface area contributed by atoms with Gasteiger partial charge in [-0.3, -0.25) is 10.1 Å². The van der Waals surface area contributed by atoms with E-state index in [9.17, 15) is 14.4 Å². The number of esters is 1. The quantitative estimate of drug-likeness (QED) is 0.589. The number of nitrogens with one attached hydrogen (secondary N) is 2. The molecule has 126 valence electrons. The zero-order chi connectivity index (χ0) is 17.2. The lowest BCUT2D eigenvalue weighted by molar-refractivity contribution is -0.123. The largest absolute Gasteiger partial charge is 0.452 e. The number of hydrogen-bond acceptors (Lipinski definition) is 5. The van der Waals surface area contributed by atoms with E-state index < -0.39 is 24.5 Å². The first kappa shape index (κ1) is 19.0. The number of ether oxygens (including phenoxy) is 1. The molecule has 0 aliphatic carbocycles. The fraction of sp³-hybridized carbons (Fsp3) is 0.438. The Kier molecular flexibility index (Phi) is 8.18. The van der Waals surface area contributed by atoms with Crippen LogP contribution >= 0.6 is 11.8 Å². The van der Waals surface area contributed by atoms with Gasteiger partial charge in [-0.1, -0.05) is 13.8 Å². The summed E-state index contributed by atoms with van der Waals surface area (Å²) in [4.78, 5) is 35.8. The Balaban J connectivity index is 2.31. The summed E-state index contributed by atoms with van der Waals surface area (Å²) in [5.74, 6) is -0.807. The second-order valence-corrected chi connectivity index (χ2v) is 6.17. The number of thioether (sulfide) groups is 1. The molecular weight excluding hydrogens is 316 g/mol. The zero-order valence-electron chi connectivity index (χ0n) is 13.5. The van der Waals surface area contributed by atoms with Gasteiger partial charge in [0.1, 0.15) is 0 Å². The molecule has 0 saturated heterocycles. The lowest BCUT2D eigenvalue weighted by Crippen LogP contribution is -2.41. The van der Waals surface area contributed by atoms with Gasteiger partial charge in [0.05, 0.1) is 5.56 Å². The lowest BCUT2D eigenvalue weighted by Gasteiger charge is -2.08. The Morgan fingerprint density at radius 1 is 1.17 bits per heavy atom. The van der Waals surface area contributed by atoms with Crippen LogP contribution in [-0.2, 0) is 9.53 Å². The van der Waals surface area contributed by atoms with Gasteiger partial charge in [-0.05, 0) is 42.9 Å². The molecule has 1 rings (SSSR count). The van der Waals surface area contributed by atoms with Crippen LogP contribution in [0.4, 0.5) is 4.79 Å². The van der Waals surface area contributed by atoms with Gasteiger partial charge < -0.3 is 10.1 Å². The van der Waals surface area contributed by atoms with Crippen molar-refractivity contribution in [3.8, 4) is 0 Å². The summed E-state index contributed by atoms with van der Waals surface area (Å²) >= 11 is 1.56. The highest BCUT2D eigenvalue weighted by Crippen LogP contribution is 2.15. The number of benzene rings is 1. The van der Waals surface area contributed by atoms with Crippen LogP contribution in [-0.4, -0.2) is 37.3 Å². The molecule has 0 aliphatic heterocycles. The van der Waals surface area contributed by atoms with Crippen molar-refractivity contribution in [2.45, 2.75) is 25.2 Å². The Bertz CT molecular complexity index is 544. The number of imide groups is 1. The SMILES string of the molecule is CSc1ccc(C(=O)OCC(=O)NC(=O)NCCC(C)C)cc1. The number of hydrogen-bond donors (Lipinski definition) is 2. The molecule has 6 nitrogen and oxygen atoms in total. The summed E-state index contributed by atoms with van der Waals surface area (Å²) in [5.41, 5.74) is 0.358. The fourth-order valence-electron chi connectivity index (χ4n) is 1.62. The molecule has 1 aromatic carbocycles. The van der Waals surface area contributed by atoms with Crippen LogP contribution in [0.3, 0.4) is 0 Å². The van der Waals surface area contributed by atoms with Crippen LogP contribution in [0.25, 0.3) is 0 Å². The molecule has 0 saturated carbocycles.